The van der Waals surface area contributed by atoms with Gasteiger partial charge in [-0.2, -0.15) is 0 Å². The Bertz CT molecular complexity index is 407. The number of pyridine rings is 1. The molecule has 2 atom stereocenters. The number of anilines is 1. The first-order valence-corrected chi connectivity index (χ1v) is 6.86. The first-order chi connectivity index (χ1) is 9.28. The molecule has 0 saturated heterocycles. The van der Waals surface area contributed by atoms with Crippen LogP contribution in [0.15, 0.2) is 29.4 Å². The molecule has 5 nitrogen and oxygen atoms in total. The standard InChI is InChI=1S/C14H22N4O/c15-14(18-13-6-1-2-7-16-13)17-9-11-4-3-5-12(8-11)10-19/h1-2,6-7,11-12,19H,3-5,8-10H2,(H3,15,16,17,18)/t11-,12+/m0/s1. The average Bonchev–Trinajstić information content (AvgIpc) is 2.46. The van der Waals surface area contributed by atoms with Gasteiger partial charge in [-0.05, 0) is 43.2 Å². The second-order valence-electron chi connectivity index (χ2n) is 5.15. The quantitative estimate of drug-likeness (QED) is 0.568. The van der Waals surface area contributed by atoms with Crippen LogP contribution < -0.4 is 11.1 Å². The Labute approximate surface area is 114 Å². The van der Waals surface area contributed by atoms with Crippen molar-refractivity contribution in [2.75, 3.05) is 18.5 Å². The Hall–Kier alpha value is -1.62. The largest absolute Gasteiger partial charge is 0.396 e. The lowest BCUT2D eigenvalue weighted by molar-refractivity contribution is 0.163. The van der Waals surface area contributed by atoms with E-state index >= 15 is 0 Å². The van der Waals surface area contributed by atoms with Crippen LogP contribution in [-0.2, 0) is 0 Å². The van der Waals surface area contributed by atoms with Crippen LogP contribution in [0, 0.1) is 11.8 Å². The number of aliphatic imine (C=N–C) groups is 1. The molecule has 0 aliphatic heterocycles. The number of aromatic nitrogens is 1. The van der Waals surface area contributed by atoms with E-state index in [-0.39, 0.29) is 0 Å². The third-order valence-corrected chi connectivity index (χ3v) is 3.59. The summed E-state index contributed by atoms with van der Waals surface area (Å²) in [5.41, 5.74) is 5.84. The van der Waals surface area contributed by atoms with Gasteiger partial charge in [-0.15, -0.1) is 0 Å². The monoisotopic (exact) mass is 262 g/mol. The van der Waals surface area contributed by atoms with Crippen LogP contribution in [0.4, 0.5) is 5.82 Å². The molecule has 5 heteroatoms. The van der Waals surface area contributed by atoms with Gasteiger partial charge in [0.2, 0.25) is 0 Å². The van der Waals surface area contributed by atoms with E-state index in [2.05, 4.69) is 15.3 Å². The van der Waals surface area contributed by atoms with Gasteiger partial charge in [-0.25, -0.2) is 4.98 Å². The molecule has 1 aliphatic carbocycles. The van der Waals surface area contributed by atoms with Crippen LogP contribution in [0.2, 0.25) is 0 Å². The fourth-order valence-electron chi connectivity index (χ4n) is 2.57. The molecule has 2 rings (SSSR count). The Morgan fingerprint density at radius 3 is 3.00 bits per heavy atom. The summed E-state index contributed by atoms with van der Waals surface area (Å²) in [4.78, 5) is 8.51. The highest BCUT2D eigenvalue weighted by Gasteiger charge is 2.20. The summed E-state index contributed by atoms with van der Waals surface area (Å²) in [6.45, 7) is 1.02. The summed E-state index contributed by atoms with van der Waals surface area (Å²) >= 11 is 0. The first kappa shape index (κ1) is 13.8. The summed E-state index contributed by atoms with van der Waals surface area (Å²) in [6.07, 6.45) is 6.26. The highest BCUT2D eigenvalue weighted by molar-refractivity contribution is 5.91. The second-order valence-corrected chi connectivity index (χ2v) is 5.15. The number of hydrogen-bond acceptors (Lipinski definition) is 3. The zero-order valence-electron chi connectivity index (χ0n) is 11.1. The fourth-order valence-corrected chi connectivity index (χ4v) is 2.57. The van der Waals surface area contributed by atoms with Crippen molar-refractivity contribution in [2.45, 2.75) is 25.7 Å². The predicted octanol–water partition coefficient (Wildman–Crippen LogP) is 1.61. The molecule has 0 radical (unpaired) electrons. The molecule has 0 spiro atoms. The summed E-state index contributed by atoms with van der Waals surface area (Å²) < 4.78 is 0. The molecular formula is C14H22N4O. The topological polar surface area (TPSA) is 83.5 Å². The lowest BCUT2D eigenvalue weighted by atomic mass is 9.82. The van der Waals surface area contributed by atoms with Gasteiger partial charge >= 0.3 is 0 Å². The maximum absolute atomic E-state index is 9.20. The van der Waals surface area contributed by atoms with Gasteiger partial charge in [0.25, 0.3) is 0 Å². The summed E-state index contributed by atoms with van der Waals surface area (Å²) in [5.74, 6) is 2.10. The maximum atomic E-state index is 9.20. The molecule has 1 heterocycles. The third kappa shape index (κ3) is 4.52. The first-order valence-electron chi connectivity index (χ1n) is 6.86. The minimum atomic E-state index is 0.294. The highest BCUT2D eigenvalue weighted by Crippen LogP contribution is 2.28. The van der Waals surface area contributed by atoms with Crippen molar-refractivity contribution >= 4 is 11.8 Å². The molecule has 0 unspecified atom stereocenters. The summed E-state index contributed by atoms with van der Waals surface area (Å²) in [5, 5.41) is 12.2. The molecule has 1 fully saturated rings. The number of aliphatic hydroxyl groups excluding tert-OH is 1. The van der Waals surface area contributed by atoms with E-state index in [4.69, 9.17) is 5.73 Å². The zero-order chi connectivity index (χ0) is 13.5. The van der Waals surface area contributed by atoms with Crippen LogP contribution in [0.25, 0.3) is 0 Å². The van der Waals surface area contributed by atoms with Gasteiger partial charge in [0.15, 0.2) is 5.96 Å². The smallest absolute Gasteiger partial charge is 0.194 e. The summed E-state index contributed by atoms with van der Waals surface area (Å²) in [6, 6.07) is 5.61. The number of guanidine groups is 1. The zero-order valence-corrected chi connectivity index (χ0v) is 11.1. The molecule has 1 aliphatic rings. The van der Waals surface area contributed by atoms with E-state index in [9.17, 15) is 5.11 Å². The maximum Gasteiger partial charge on any atom is 0.194 e. The third-order valence-electron chi connectivity index (χ3n) is 3.59. The number of rotatable bonds is 4. The number of hydrogen-bond donors (Lipinski definition) is 3. The van der Waals surface area contributed by atoms with E-state index < -0.39 is 0 Å². The average molecular weight is 262 g/mol. The van der Waals surface area contributed by atoms with Crippen molar-refractivity contribution in [3.8, 4) is 0 Å². The molecule has 1 saturated carbocycles. The Morgan fingerprint density at radius 1 is 1.42 bits per heavy atom. The lowest BCUT2D eigenvalue weighted by Crippen LogP contribution is -2.26. The van der Waals surface area contributed by atoms with Crippen molar-refractivity contribution in [3.63, 3.8) is 0 Å². The summed E-state index contributed by atoms with van der Waals surface area (Å²) in [7, 11) is 0. The Balaban J connectivity index is 1.81. The van der Waals surface area contributed by atoms with Crippen molar-refractivity contribution in [2.24, 2.45) is 22.6 Å². The molecule has 104 valence electrons. The highest BCUT2D eigenvalue weighted by atomic mass is 16.3. The van der Waals surface area contributed by atoms with Gasteiger partial charge in [-0.3, -0.25) is 4.99 Å². The number of nitrogens with two attached hydrogens (primary N) is 1. The lowest BCUT2D eigenvalue weighted by Gasteiger charge is -2.26. The van der Waals surface area contributed by atoms with Crippen LogP contribution in [-0.4, -0.2) is 29.2 Å². The minimum Gasteiger partial charge on any atom is -0.396 e. The predicted molar refractivity (Wildman–Crippen MR) is 76.9 cm³/mol. The second kappa shape index (κ2) is 7.09. The van der Waals surface area contributed by atoms with E-state index in [0.717, 1.165) is 19.4 Å². The SMILES string of the molecule is NC(=NC[C@H]1CCC[C@@H](CO)C1)Nc1ccccn1. The molecule has 1 aromatic heterocycles. The molecule has 0 bridgehead atoms. The van der Waals surface area contributed by atoms with Crippen LogP contribution >= 0.6 is 0 Å². The Kier molecular flexibility index (Phi) is 5.15. The number of nitrogens with zero attached hydrogens (tertiary/aromatic N) is 2. The minimum absolute atomic E-state index is 0.294. The van der Waals surface area contributed by atoms with Gasteiger partial charge < -0.3 is 16.2 Å². The molecular weight excluding hydrogens is 240 g/mol. The normalized spacial score (nSPS) is 24.2. The number of aliphatic hydroxyl groups is 1. The van der Waals surface area contributed by atoms with Gasteiger partial charge in [0.1, 0.15) is 5.82 Å². The molecule has 0 amide bonds. The van der Waals surface area contributed by atoms with E-state index in [0.29, 0.717) is 30.2 Å². The van der Waals surface area contributed by atoms with Crippen molar-refractivity contribution < 1.29 is 5.11 Å². The van der Waals surface area contributed by atoms with Crippen LogP contribution in [0.1, 0.15) is 25.7 Å². The van der Waals surface area contributed by atoms with Crippen LogP contribution in [0.3, 0.4) is 0 Å². The van der Waals surface area contributed by atoms with Crippen molar-refractivity contribution in [1.29, 1.82) is 0 Å². The Morgan fingerprint density at radius 2 is 2.26 bits per heavy atom. The molecule has 0 aromatic carbocycles. The van der Waals surface area contributed by atoms with E-state index in [1.54, 1.807) is 6.20 Å². The van der Waals surface area contributed by atoms with E-state index in [1.165, 1.54) is 12.8 Å². The van der Waals surface area contributed by atoms with Crippen molar-refractivity contribution in [3.05, 3.63) is 24.4 Å². The van der Waals surface area contributed by atoms with Gasteiger partial charge in [0.05, 0.1) is 0 Å². The molecule has 1 aromatic rings. The molecule has 19 heavy (non-hydrogen) atoms. The van der Waals surface area contributed by atoms with Gasteiger partial charge in [0, 0.05) is 19.3 Å². The van der Waals surface area contributed by atoms with Crippen molar-refractivity contribution in [1.82, 2.24) is 4.98 Å². The molecule has 4 N–H and O–H groups in total. The van der Waals surface area contributed by atoms with Gasteiger partial charge in [-0.1, -0.05) is 12.5 Å². The fraction of sp³-hybridized carbons (Fsp3) is 0.571. The van der Waals surface area contributed by atoms with Crippen LogP contribution in [0.5, 0.6) is 0 Å². The number of nitrogens with one attached hydrogen (secondary N) is 1. The van der Waals surface area contributed by atoms with E-state index in [1.807, 2.05) is 18.2 Å².